The topological polar surface area (TPSA) is 17.1 Å². The summed E-state index contributed by atoms with van der Waals surface area (Å²) >= 11 is 0. The molecule has 0 radical (unpaired) electrons. The van der Waals surface area contributed by atoms with Crippen LogP contribution >= 0.6 is 0 Å². The second-order valence-corrected chi connectivity index (χ2v) is 8.79. The number of hydrogen-bond acceptors (Lipinski definition) is 1. The molecule has 0 aromatic carbocycles. The summed E-state index contributed by atoms with van der Waals surface area (Å²) in [5, 5.41) is 0. The molecular formula is C22H34O. The van der Waals surface area contributed by atoms with E-state index in [0.29, 0.717) is 11.2 Å². The van der Waals surface area contributed by atoms with E-state index in [1.165, 1.54) is 31.3 Å². The first-order valence-corrected chi connectivity index (χ1v) is 9.76. The van der Waals surface area contributed by atoms with Gasteiger partial charge in [0.2, 0.25) is 0 Å². The smallest absolute Gasteiger partial charge is 0.155 e. The van der Waals surface area contributed by atoms with Crippen LogP contribution in [0.3, 0.4) is 0 Å². The van der Waals surface area contributed by atoms with E-state index in [1.54, 1.807) is 5.57 Å². The van der Waals surface area contributed by atoms with Gasteiger partial charge in [0, 0.05) is 6.42 Å². The number of ketones is 1. The van der Waals surface area contributed by atoms with Crippen molar-refractivity contribution in [1.29, 1.82) is 0 Å². The Bertz CT molecular complexity index is 554. The number of hydrogen-bond donors (Lipinski definition) is 0. The number of fused-ring (bicyclic) bond motifs is 1. The molecule has 1 nitrogen and oxygen atoms in total. The van der Waals surface area contributed by atoms with Crippen molar-refractivity contribution >= 4 is 5.78 Å². The van der Waals surface area contributed by atoms with Crippen LogP contribution in [-0.4, -0.2) is 5.78 Å². The molecule has 2 fully saturated rings. The first kappa shape index (κ1) is 17.0. The Kier molecular flexibility index (Phi) is 4.36. The van der Waals surface area contributed by atoms with Crippen LogP contribution in [-0.2, 0) is 4.79 Å². The summed E-state index contributed by atoms with van der Waals surface area (Å²) in [5.41, 5.74) is 3.84. The zero-order valence-corrected chi connectivity index (χ0v) is 15.7. The molecule has 0 N–H and O–H groups in total. The molecule has 0 bridgehead atoms. The Labute approximate surface area is 142 Å². The normalized spacial score (nSPS) is 46.0. The third kappa shape index (κ3) is 2.46. The maximum Gasteiger partial charge on any atom is 0.155 e. The highest BCUT2D eigenvalue weighted by molar-refractivity contribution is 5.91. The molecule has 0 spiro atoms. The van der Waals surface area contributed by atoms with Crippen molar-refractivity contribution in [3.8, 4) is 0 Å². The summed E-state index contributed by atoms with van der Waals surface area (Å²) in [7, 11) is 0. The van der Waals surface area contributed by atoms with Crippen LogP contribution < -0.4 is 0 Å². The first-order chi connectivity index (χ1) is 10.9. The molecular weight excluding hydrogens is 280 g/mol. The van der Waals surface area contributed by atoms with Gasteiger partial charge in [-0.2, -0.15) is 0 Å². The summed E-state index contributed by atoms with van der Waals surface area (Å²) < 4.78 is 0. The van der Waals surface area contributed by atoms with Crippen LogP contribution in [0.4, 0.5) is 0 Å². The van der Waals surface area contributed by atoms with Gasteiger partial charge in [0.25, 0.3) is 0 Å². The zero-order valence-electron chi connectivity index (χ0n) is 15.7. The van der Waals surface area contributed by atoms with E-state index in [9.17, 15) is 4.79 Å². The zero-order chi connectivity index (χ0) is 16.8. The monoisotopic (exact) mass is 314 g/mol. The van der Waals surface area contributed by atoms with Crippen molar-refractivity contribution < 1.29 is 4.79 Å². The molecule has 23 heavy (non-hydrogen) atoms. The standard InChI is InChI=1S/C22H34O/c1-6-16-8-9-19-15(3)20(11-13-21(16,19)4)22(5)12-10-18(23)14-17(22)7-2/h6,14-15,19-20H,7-13H2,1-5H3/b16-6-/t15?,19?,20?,21-,22+/m1/s1. The predicted octanol–water partition coefficient (Wildman–Crippen LogP) is 6.10. The van der Waals surface area contributed by atoms with E-state index in [0.717, 1.165) is 37.0 Å². The summed E-state index contributed by atoms with van der Waals surface area (Å²) in [4.78, 5) is 11.9. The fourth-order valence-corrected chi connectivity index (χ4v) is 6.62. The number of carbonyl (C=O) groups excluding carboxylic acids is 1. The SMILES string of the molecule is C/C=C1/CCC2C(C)C([C@@]3(C)CCC(=O)C=C3CC)CC[C@]12C. The lowest BCUT2D eigenvalue weighted by atomic mass is 9.51. The number of rotatable bonds is 2. The number of allylic oxidation sites excluding steroid dienone is 4. The molecule has 1 heteroatoms. The Morgan fingerprint density at radius 2 is 1.83 bits per heavy atom. The van der Waals surface area contributed by atoms with Crippen LogP contribution in [0, 0.1) is 28.6 Å². The summed E-state index contributed by atoms with van der Waals surface area (Å²) in [5.74, 6) is 2.69. The minimum Gasteiger partial charge on any atom is -0.295 e. The summed E-state index contributed by atoms with van der Waals surface area (Å²) in [6.07, 6.45) is 12.6. The lowest BCUT2D eigenvalue weighted by molar-refractivity contribution is -0.116. The van der Waals surface area contributed by atoms with Gasteiger partial charge < -0.3 is 0 Å². The molecule has 0 heterocycles. The van der Waals surface area contributed by atoms with Gasteiger partial charge >= 0.3 is 0 Å². The lowest BCUT2D eigenvalue weighted by Crippen LogP contribution is -2.45. The van der Waals surface area contributed by atoms with E-state index in [2.05, 4.69) is 40.7 Å². The van der Waals surface area contributed by atoms with Crippen molar-refractivity contribution in [2.45, 2.75) is 79.6 Å². The van der Waals surface area contributed by atoms with Crippen LogP contribution in [0.15, 0.2) is 23.3 Å². The minimum absolute atomic E-state index is 0.252. The molecule has 0 amide bonds. The molecule has 0 aromatic heterocycles. The van der Waals surface area contributed by atoms with Gasteiger partial charge in [0.05, 0.1) is 0 Å². The fourth-order valence-electron chi connectivity index (χ4n) is 6.62. The molecule has 128 valence electrons. The van der Waals surface area contributed by atoms with Gasteiger partial charge in [0.15, 0.2) is 5.78 Å². The quantitative estimate of drug-likeness (QED) is 0.563. The Morgan fingerprint density at radius 3 is 2.48 bits per heavy atom. The van der Waals surface area contributed by atoms with Crippen molar-refractivity contribution in [3.05, 3.63) is 23.3 Å². The second-order valence-electron chi connectivity index (χ2n) is 8.79. The highest BCUT2D eigenvalue weighted by atomic mass is 16.1. The molecule has 3 aliphatic carbocycles. The summed E-state index contributed by atoms with van der Waals surface area (Å²) in [6, 6.07) is 0. The molecule has 3 rings (SSSR count). The largest absolute Gasteiger partial charge is 0.295 e. The van der Waals surface area contributed by atoms with E-state index < -0.39 is 0 Å². The average molecular weight is 315 g/mol. The van der Waals surface area contributed by atoms with Gasteiger partial charge in [-0.3, -0.25) is 4.79 Å². The third-order valence-electron chi connectivity index (χ3n) is 8.03. The summed E-state index contributed by atoms with van der Waals surface area (Å²) in [6.45, 7) is 12.0. The molecule has 0 aromatic rings. The molecule has 3 unspecified atom stereocenters. The predicted molar refractivity (Wildman–Crippen MR) is 97.2 cm³/mol. The Hall–Kier alpha value is -0.850. The molecule has 5 atom stereocenters. The highest BCUT2D eigenvalue weighted by Crippen LogP contribution is 2.63. The van der Waals surface area contributed by atoms with Crippen molar-refractivity contribution in [2.24, 2.45) is 28.6 Å². The van der Waals surface area contributed by atoms with Crippen LogP contribution in [0.25, 0.3) is 0 Å². The van der Waals surface area contributed by atoms with Crippen LogP contribution in [0.5, 0.6) is 0 Å². The van der Waals surface area contributed by atoms with E-state index in [1.807, 2.05) is 6.08 Å². The van der Waals surface area contributed by atoms with Gasteiger partial charge in [-0.15, -0.1) is 0 Å². The van der Waals surface area contributed by atoms with Gasteiger partial charge in [-0.1, -0.05) is 44.9 Å². The number of carbonyl (C=O) groups is 1. The molecule has 2 saturated carbocycles. The minimum atomic E-state index is 0.252. The maximum atomic E-state index is 11.9. The second kappa shape index (κ2) is 5.90. The van der Waals surface area contributed by atoms with Crippen molar-refractivity contribution in [3.63, 3.8) is 0 Å². The van der Waals surface area contributed by atoms with Gasteiger partial charge in [-0.25, -0.2) is 0 Å². The molecule has 0 aliphatic heterocycles. The Morgan fingerprint density at radius 1 is 1.13 bits per heavy atom. The van der Waals surface area contributed by atoms with Gasteiger partial charge in [0.1, 0.15) is 0 Å². The van der Waals surface area contributed by atoms with Gasteiger partial charge in [-0.05, 0) is 80.1 Å². The van der Waals surface area contributed by atoms with E-state index in [-0.39, 0.29) is 5.41 Å². The first-order valence-electron chi connectivity index (χ1n) is 9.76. The highest BCUT2D eigenvalue weighted by Gasteiger charge is 2.54. The van der Waals surface area contributed by atoms with Crippen LogP contribution in [0.1, 0.15) is 79.6 Å². The van der Waals surface area contributed by atoms with E-state index in [4.69, 9.17) is 0 Å². The maximum absolute atomic E-state index is 11.9. The van der Waals surface area contributed by atoms with E-state index >= 15 is 0 Å². The molecule has 0 saturated heterocycles. The van der Waals surface area contributed by atoms with Crippen molar-refractivity contribution in [2.75, 3.05) is 0 Å². The average Bonchev–Trinajstić information content (AvgIpc) is 2.87. The molecule has 3 aliphatic rings. The lowest BCUT2D eigenvalue weighted by Gasteiger charge is -2.53. The van der Waals surface area contributed by atoms with Crippen LogP contribution in [0.2, 0.25) is 0 Å². The van der Waals surface area contributed by atoms with Crippen molar-refractivity contribution in [1.82, 2.24) is 0 Å². The fraction of sp³-hybridized carbons (Fsp3) is 0.773. The third-order valence-corrected chi connectivity index (χ3v) is 8.03. The Balaban J connectivity index is 1.91.